The number of urea groups is 1. The van der Waals surface area contributed by atoms with Gasteiger partial charge in [0.25, 0.3) is 6.01 Å². The molecule has 0 unspecified atom stereocenters. The summed E-state index contributed by atoms with van der Waals surface area (Å²) in [5.41, 5.74) is 1.70. The van der Waals surface area contributed by atoms with Gasteiger partial charge in [-0.15, -0.1) is 0 Å². The Morgan fingerprint density at radius 3 is 3.00 bits per heavy atom. The van der Waals surface area contributed by atoms with Gasteiger partial charge in [-0.25, -0.2) is 4.79 Å². The number of para-hydroxylation sites is 2. The van der Waals surface area contributed by atoms with Gasteiger partial charge in [-0.2, -0.15) is 4.98 Å². The van der Waals surface area contributed by atoms with Crippen LogP contribution in [0.2, 0.25) is 0 Å². The Bertz CT molecular complexity index is 635. The van der Waals surface area contributed by atoms with E-state index in [2.05, 4.69) is 15.2 Å². The van der Waals surface area contributed by atoms with Crippen LogP contribution in [0.15, 0.2) is 28.7 Å². The van der Waals surface area contributed by atoms with Crippen molar-refractivity contribution in [1.29, 1.82) is 0 Å². The lowest BCUT2D eigenvalue weighted by molar-refractivity contribution is 0.188. The molecule has 110 valence electrons. The highest BCUT2D eigenvalue weighted by Crippen LogP contribution is 2.26. The Kier molecular flexibility index (Phi) is 2.94. The highest BCUT2D eigenvalue weighted by Gasteiger charge is 2.32. The summed E-state index contributed by atoms with van der Waals surface area (Å²) >= 11 is 0. The molecule has 2 aliphatic heterocycles. The van der Waals surface area contributed by atoms with Crippen LogP contribution >= 0.6 is 0 Å². The fourth-order valence-corrected chi connectivity index (χ4v) is 3.21. The van der Waals surface area contributed by atoms with Gasteiger partial charge in [-0.3, -0.25) is 0 Å². The van der Waals surface area contributed by atoms with Gasteiger partial charge in [-0.05, 0) is 25.0 Å². The number of amides is 2. The number of nitrogens with zero attached hydrogens (tertiary/aromatic N) is 3. The highest BCUT2D eigenvalue weighted by atomic mass is 16.4. The first-order chi connectivity index (χ1) is 10.3. The number of rotatable bonds is 2. The van der Waals surface area contributed by atoms with E-state index in [0.717, 1.165) is 50.1 Å². The minimum atomic E-state index is 0.0550. The summed E-state index contributed by atoms with van der Waals surface area (Å²) in [6, 6.07) is 8.77. The Hall–Kier alpha value is -2.24. The van der Waals surface area contributed by atoms with Gasteiger partial charge in [0.05, 0.1) is 6.04 Å². The lowest BCUT2D eigenvalue weighted by atomic mass is 10.1. The normalized spacial score (nSPS) is 22.9. The van der Waals surface area contributed by atoms with E-state index in [4.69, 9.17) is 4.42 Å². The molecule has 0 aliphatic carbocycles. The average molecular weight is 286 g/mol. The second kappa shape index (κ2) is 4.95. The van der Waals surface area contributed by atoms with E-state index in [0.29, 0.717) is 6.01 Å². The predicted octanol–water partition coefficient (Wildman–Crippen LogP) is 1.82. The molecule has 1 aromatic heterocycles. The van der Waals surface area contributed by atoms with Crippen molar-refractivity contribution >= 4 is 23.1 Å². The molecular weight excluding hydrogens is 268 g/mol. The maximum atomic E-state index is 11.8. The van der Waals surface area contributed by atoms with Crippen molar-refractivity contribution in [3.05, 3.63) is 24.3 Å². The molecule has 2 saturated heterocycles. The summed E-state index contributed by atoms with van der Waals surface area (Å²) < 4.78 is 5.84. The lowest BCUT2D eigenvalue weighted by Crippen LogP contribution is -2.49. The molecular formula is C15H18N4O2. The van der Waals surface area contributed by atoms with Crippen LogP contribution in [0.1, 0.15) is 12.8 Å². The second-order valence-corrected chi connectivity index (χ2v) is 5.63. The van der Waals surface area contributed by atoms with Crippen molar-refractivity contribution in [2.45, 2.75) is 18.9 Å². The molecule has 0 saturated carbocycles. The van der Waals surface area contributed by atoms with Gasteiger partial charge in [0.1, 0.15) is 5.52 Å². The number of hydrogen-bond acceptors (Lipinski definition) is 4. The second-order valence-electron chi connectivity index (χ2n) is 5.63. The topological polar surface area (TPSA) is 61.6 Å². The van der Waals surface area contributed by atoms with Crippen LogP contribution < -0.4 is 10.2 Å². The number of benzene rings is 1. The molecule has 2 aliphatic rings. The molecule has 1 N–H and O–H groups in total. The van der Waals surface area contributed by atoms with E-state index in [1.165, 1.54) is 0 Å². The standard InChI is InChI=1S/C15H18N4O2/c20-14-16-7-9-19(14)11-4-3-8-18(10-11)15-17-12-5-1-2-6-13(12)21-15/h1-2,5-6,11H,3-4,7-10H2,(H,16,20)/t11-/m1/s1. The molecule has 0 bridgehead atoms. The van der Waals surface area contributed by atoms with E-state index < -0.39 is 0 Å². The van der Waals surface area contributed by atoms with Crippen molar-refractivity contribution in [2.75, 3.05) is 31.1 Å². The monoisotopic (exact) mass is 286 g/mol. The molecule has 1 atom stereocenters. The third-order valence-corrected chi connectivity index (χ3v) is 4.28. The fraction of sp³-hybridized carbons (Fsp3) is 0.467. The minimum Gasteiger partial charge on any atom is -0.423 e. The highest BCUT2D eigenvalue weighted by molar-refractivity contribution is 5.77. The van der Waals surface area contributed by atoms with E-state index in [1.54, 1.807) is 0 Å². The molecule has 2 aromatic rings. The largest absolute Gasteiger partial charge is 0.423 e. The zero-order valence-corrected chi connectivity index (χ0v) is 11.8. The Morgan fingerprint density at radius 2 is 2.19 bits per heavy atom. The summed E-state index contributed by atoms with van der Waals surface area (Å²) in [6.45, 7) is 3.27. The quantitative estimate of drug-likeness (QED) is 0.915. The van der Waals surface area contributed by atoms with Crippen molar-refractivity contribution < 1.29 is 9.21 Å². The molecule has 1 aromatic carbocycles. The van der Waals surface area contributed by atoms with E-state index in [1.807, 2.05) is 29.2 Å². The molecule has 2 amide bonds. The van der Waals surface area contributed by atoms with Gasteiger partial charge >= 0.3 is 6.03 Å². The summed E-state index contributed by atoms with van der Waals surface area (Å²) in [5, 5.41) is 2.87. The predicted molar refractivity (Wildman–Crippen MR) is 79.3 cm³/mol. The average Bonchev–Trinajstić information content (AvgIpc) is 3.13. The van der Waals surface area contributed by atoms with Crippen molar-refractivity contribution in [3.63, 3.8) is 0 Å². The first-order valence-electron chi connectivity index (χ1n) is 7.46. The number of fused-ring (bicyclic) bond motifs is 1. The van der Waals surface area contributed by atoms with Crippen LogP contribution in [0.5, 0.6) is 0 Å². The number of hydrogen-bond donors (Lipinski definition) is 1. The number of aromatic nitrogens is 1. The maximum absolute atomic E-state index is 11.8. The van der Waals surface area contributed by atoms with E-state index in [-0.39, 0.29) is 12.1 Å². The smallest absolute Gasteiger partial charge is 0.317 e. The summed E-state index contributed by atoms with van der Waals surface area (Å²) in [4.78, 5) is 20.5. The number of anilines is 1. The zero-order chi connectivity index (χ0) is 14.2. The number of oxazole rings is 1. The molecule has 0 radical (unpaired) electrons. The number of carbonyl (C=O) groups excluding carboxylic acids is 1. The molecule has 6 heteroatoms. The van der Waals surface area contributed by atoms with Crippen LogP contribution in [0.3, 0.4) is 0 Å². The minimum absolute atomic E-state index is 0.0550. The van der Waals surface area contributed by atoms with Crippen LogP contribution in [-0.2, 0) is 0 Å². The Morgan fingerprint density at radius 1 is 1.29 bits per heavy atom. The zero-order valence-electron chi connectivity index (χ0n) is 11.8. The van der Waals surface area contributed by atoms with Crippen molar-refractivity contribution in [2.24, 2.45) is 0 Å². The Balaban J connectivity index is 1.56. The molecule has 0 spiro atoms. The van der Waals surface area contributed by atoms with Crippen molar-refractivity contribution in [3.8, 4) is 0 Å². The number of piperidine rings is 1. The lowest BCUT2D eigenvalue weighted by Gasteiger charge is -2.36. The molecule has 2 fully saturated rings. The maximum Gasteiger partial charge on any atom is 0.317 e. The first kappa shape index (κ1) is 12.5. The molecule has 4 rings (SSSR count). The number of carbonyl (C=O) groups is 1. The SMILES string of the molecule is O=C1NCCN1[C@@H]1CCCN(c2nc3ccccc3o2)C1. The molecule has 6 nitrogen and oxygen atoms in total. The van der Waals surface area contributed by atoms with Gasteiger partial charge < -0.3 is 19.5 Å². The third-order valence-electron chi connectivity index (χ3n) is 4.28. The Labute approximate surface area is 122 Å². The fourth-order valence-electron chi connectivity index (χ4n) is 3.21. The number of nitrogens with one attached hydrogen (secondary N) is 1. The van der Waals surface area contributed by atoms with Crippen LogP contribution in [0.25, 0.3) is 11.1 Å². The van der Waals surface area contributed by atoms with Crippen LogP contribution in [0, 0.1) is 0 Å². The molecule has 3 heterocycles. The van der Waals surface area contributed by atoms with Crippen LogP contribution in [0.4, 0.5) is 10.8 Å². The van der Waals surface area contributed by atoms with Crippen LogP contribution in [-0.4, -0.2) is 48.1 Å². The van der Waals surface area contributed by atoms with Gasteiger partial charge in [0.2, 0.25) is 0 Å². The molecule has 21 heavy (non-hydrogen) atoms. The first-order valence-corrected chi connectivity index (χ1v) is 7.46. The summed E-state index contributed by atoms with van der Waals surface area (Å²) in [5.74, 6) is 0. The summed E-state index contributed by atoms with van der Waals surface area (Å²) in [6.07, 6.45) is 2.09. The van der Waals surface area contributed by atoms with Gasteiger partial charge in [0, 0.05) is 26.2 Å². The van der Waals surface area contributed by atoms with E-state index >= 15 is 0 Å². The van der Waals surface area contributed by atoms with Gasteiger partial charge in [-0.1, -0.05) is 12.1 Å². The van der Waals surface area contributed by atoms with Crippen molar-refractivity contribution in [1.82, 2.24) is 15.2 Å². The third kappa shape index (κ3) is 2.20. The van der Waals surface area contributed by atoms with E-state index in [9.17, 15) is 4.79 Å². The van der Waals surface area contributed by atoms with Gasteiger partial charge in [0.15, 0.2) is 5.58 Å². The summed E-state index contributed by atoms with van der Waals surface area (Å²) in [7, 11) is 0.